The molecular formula is C28H31N3O2S. The van der Waals surface area contributed by atoms with Crippen LogP contribution in [-0.4, -0.2) is 40.8 Å². The molecule has 1 saturated heterocycles. The molecule has 1 aromatic heterocycles. The van der Waals surface area contributed by atoms with Gasteiger partial charge >= 0.3 is 0 Å². The second-order valence-electron chi connectivity index (χ2n) is 9.53. The molecule has 34 heavy (non-hydrogen) atoms. The van der Waals surface area contributed by atoms with Gasteiger partial charge in [-0.3, -0.25) is 9.59 Å². The van der Waals surface area contributed by atoms with Gasteiger partial charge in [-0.25, -0.2) is 4.98 Å². The minimum absolute atomic E-state index is 0.00728. The van der Waals surface area contributed by atoms with E-state index >= 15 is 0 Å². The van der Waals surface area contributed by atoms with Gasteiger partial charge in [0.05, 0.1) is 9.88 Å². The Hall–Kier alpha value is -2.99. The molecule has 0 spiro atoms. The number of aryl methyl sites for hydroxylation is 2. The van der Waals surface area contributed by atoms with Crippen LogP contribution in [0.1, 0.15) is 75.0 Å². The highest BCUT2D eigenvalue weighted by Gasteiger charge is 2.34. The highest BCUT2D eigenvalue weighted by Crippen LogP contribution is 2.45. The molecule has 2 fully saturated rings. The Kier molecular flexibility index (Phi) is 6.50. The minimum atomic E-state index is -0.0873. The summed E-state index contributed by atoms with van der Waals surface area (Å²) in [5.74, 6) is 0.409. The van der Waals surface area contributed by atoms with Gasteiger partial charge in [0.2, 0.25) is 0 Å². The summed E-state index contributed by atoms with van der Waals surface area (Å²) < 4.78 is 0. The zero-order chi connectivity index (χ0) is 23.7. The largest absolute Gasteiger partial charge is 0.350 e. The number of likely N-dealkylation sites (tertiary alicyclic amines) is 1. The van der Waals surface area contributed by atoms with Crippen LogP contribution in [0, 0.1) is 13.8 Å². The number of piperidine rings is 1. The Bertz CT molecular complexity index is 1200. The standard InChI is InChI=1S/C28H31N3O2S/c1-18-11-12-22(16-19(18)2)26(32)29-17-23-10-6-7-15-31(23)28(33)24-25(20-8-4-3-5-9-20)34-27(30-24)21-13-14-21/h3-5,8-9,11-12,16,21,23H,6-7,10,13-15,17H2,1-2H3,(H,29,32)/t23-/m0/s1. The van der Waals surface area contributed by atoms with Gasteiger partial charge in [-0.15, -0.1) is 11.3 Å². The van der Waals surface area contributed by atoms with E-state index in [9.17, 15) is 9.59 Å². The molecule has 3 aromatic rings. The van der Waals surface area contributed by atoms with E-state index in [0.29, 0.717) is 30.3 Å². The highest BCUT2D eigenvalue weighted by molar-refractivity contribution is 7.15. The lowest BCUT2D eigenvalue weighted by Gasteiger charge is -2.35. The summed E-state index contributed by atoms with van der Waals surface area (Å²) >= 11 is 1.67. The van der Waals surface area contributed by atoms with Crippen molar-refractivity contribution in [2.45, 2.75) is 57.9 Å². The molecule has 1 saturated carbocycles. The molecule has 0 bridgehead atoms. The van der Waals surface area contributed by atoms with E-state index in [4.69, 9.17) is 4.98 Å². The average molecular weight is 474 g/mol. The summed E-state index contributed by atoms with van der Waals surface area (Å²) in [6, 6.07) is 15.9. The van der Waals surface area contributed by atoms with Crippen molar-refractivity contribution < 1.29 is 9.59 Å². The van der Waals surface area contributed by atoms with Crippen molar-refractivity contribution in [1.82, 2.24) is 15.2 Å². The van der Waals surface area contributed by atoms with Gasteiger partial charge in [0.15, 0.2) is 0 Å². The molecule has 2 amide bonds. The van der Waals surface area contributed by atoms with Crippen LogP contribution in [0.5, 0.6) is 0 Å². The van der Waals surface area contributed by atoms with E-state index < -0.39 is 0 Å². The van der Waals surface area contributed by atoms with Gasteiger partial charge in [-0.1, -0.05) is 36.4 Å². The van der Waals surface area contributed by atoms with Crippen LogP contribution in [-0.2, 0) is 0 Å². The lowest BCUT2D eigenvalue weighted by atomic mass is 10.0. The molecule has 1 N–H and O–H groups in total. The zero-order valence-electron chi connectivity index (χ0n) is 19.8. The number of nitrogens with one attached hydrogen (secondary N) is 1. The maximum Gasteiger partial charge on any atom is 0.274 e. The molecule has 0 unspecified atom stereocenters. The molecule has 2 heterocycles. The molecule has 0 radical (unpaired) electrons. The molecule has 5 rings (SSSR count). The van der Waals surface area contributed by atoms with Crippen molar-refractivity contribution in [1.29, 1.82) is 0 Å². The molecule has 6 heteroatoms. The smallest absolute Gasteiger partial charge is 0.274 e. The third-order valence-electron chi connectivity index (χ3n) is 6.96. The van der Waals surface area contributed by atoms with Crippen molar-refractivity contribution in [3.8, 4) is 10.4 Å². The number of amides is 2. The van der Waals surface area contributed by atoms with Crippen LogP contribution >= 0.6 is 11.3 Å². The Morgan fingerprint density at radius 2 is 1.82 bits per heavy atom. The van der Waals surface area contributed by atoms with Gasteiger partial charge in [-0.05, 0) is 74.8 Å². The summed E-state index contributed by atoms with van der Waals surface area (Å²) in [6.45, 7) is 5.21. The molecule has 2 aromatic carbocycles. The number of carbonyl (C=O) groups excluding carboxylic acids is 2. The van der Waals surface area contributed by atoms with Crippen molar-refractivity contribution >= 4 is 23.2 Å². The van der Waals surface area contributed by atoms with Crippen LogP contribution in [0.3, 0.4) is 0 Å². The Morgan fingerprint density at radius 3 is 2.56 bits per heavy atom. The number of hydrogen-bond donors (Lipinski definition) is 1. The molecular weight excluding hydrogens is 442 g/mol. The minimum Gasteiger partial charge on any atom is -0.350 e. The summed E-state index contributed by atoms with van der Waals surface area (Å²) in [7, 11) is 0. The maximum absolute atomic E-state index is 13.8. The van der Waals surface area contributed by atoms with Crippen molar-refractivity contribution in [2.75, 3.05) is 13.1 Å². The number of benzene rings is 2. The normalized spacial score (nSPS) is 18.1. The quantitative estimate of drug-likeness (QED) is 0.497. The van der Waals surface area contributed by atoms with Crippen molar-refractivity contribution in [3.05, 3.63) is 75.9 Å². The Balaban J connectivity index is 1.35. The number of nitrogens with zero attached hydrogens (tertiary/aromatic N) is 2. The fourth-order valence-electron chi connectivity index (χ4n) is 4.58. The number of carbonyl (C=O) groups is 2. The van der Waals surface area contributed by atoms with E-state index in [2.05, 4.69) is 17.4 Å². The third kappa shape index (κ3) is 4.78. The Morgan fingerprint density at radius 1 is 1.03 bits per heavy atom. The van der Waals surface area contributed by atoms with Crippen LogP contribution < -0.4 is 5.32 Å². The lowest BCUT2D eigenvalue weighted by Crippen LogP contribution is -2.49. The van der Waals surface area contributed by atoms with Crippen LogP contribution in [0.2, 0.25) is 0 Å². The summed E-state index contributed by atoms with van der Waals surface area (Å²) in [6.07, 6.45) is 5.25. The predicted molar refractivity (Wildman–Crippen MR) is 136 cm³/mol. The van der Waals surface area contributed by atoms with Gasteiger partial charge in [0.1, 0.15) is 5.69 Å². The predicted octanol–water partition coefficient (Wildman–Crippen LogP) is 5.73. The van der Waals surface area contributed by atoms with Gasteiger partial charge in [0.25, 0.3) is 11.8 Å². The lowest BCUT2D eigenvalue weighted by molar-refractivity contribution is 0.0598. The molecule has 176 valence electrons. The monoisotopic (exact) mass is 473 g/mol. The molecule has 1 aliphatic carbocycles. The average Bonchev–Trinajstić information content (AvgIpc) is 3.62. The summed E-state index contributed by atoms with van der Waals surface area (Å²) in [5.41, 5.74) is 4.56. The second-order valence-corrected chi connectivity index (χ2v) is 10.6. The first-order chi connectivity index (χ1) is 16.5. The third-order valence-corrected chi connectivity index (χ3v) is 8.23. The van der Waals surface area contributed by atoms with E-state index in [0.717, 1.165) is 53.1 Å². The highest BCUT2D eigenvalue weighted by atomic mass is 32.1. The van der Waals surface area contributed by atoms with Crippen molar-refractivity contribution in [2.24, 2.45) is 0 Å². The van der Waals surface area contributed by atoms with Gasteiger partial charge < -0.3 is 10.2 Å². The van der Waals surface area contributed by atoms with E-state index in [-0.39, 0.29) is 17.9 Å². The van der Waals surface area contributed by atoms with Crippen LogP contribution in [0.4, 0.5) is 0 Å². The number of hydrogen-bond acceptors (Lipinski definition) is 4. The second kappa shape index (κ2) is 9.71. The first-order valence-electron chi connectivity index (χ1n) is 12.2. The first-order valence-corrected chi connectivity index (χ1v) is 13.1. The molecule has 1 atom stereocenters. The number of rotatable bonds is 6. The SMILES string of the molecule is Cc1ccc(C(=O)NC[C@@H]2CCCCN2C(=O)c2nc(C3CC3)sc2-c2ccccc2)cc1C. The Labute approximate surface area is 205 Å². The van der Waals surface area contributed by atoms with E-state index in [1.54, 1.807) is 11.3 Å². The van der Waals surface area contributed by atoms with E-state index in [1.807, 2.05) is 55.1 Å². The first kappa shape index (κ1) is 22.8. The fourth-order valence-corrected chi connectivity index (χ4v) is 5.82. The zero-order valence-corrected chi connectivity index (χ0v) is 20.7. The maximum atomic E-state index is 13.8. The number of aromatic nitrogens is 1. The number of thiazole rings is 1. The van der Waals surface area contributed by atoms with Crippen LogP contribution in [0.25, 0.3) is 10.4 Å². The van der Waals surface area contributed by atoms with Gasteiger partial charge in [0, 0.05) is 30.6 Å². The summed E-state index contributed by atoms with van der Waals surface area (Å²) in [4.78, 5) is 34.4. The summed E-state index contributed by atoms with van der Waals surface area (Å²) in [5, 5.41) is 4.16. The molecule has 1 aliphatic heterocycles. The molecule has 5 nitrogen and oxygen atoms in total. The topological polar surface area (TPSA) is 62.3 Å². The fraction of sp³-hybridized carbons (Fsp3) is 0.393. The van der Waals surface area contributed by atoms with Gasteiger partial charge in [-0.2, -0.15) is 0 Å². The van der Waals surface area contributed by atoms with Crippen molar-refractivity contribution in [3.63, 3.8) is 0 Å². The van der Waals surface area contributed by atoms with Crippen LogP contribution in [0.15, 0.2) is 48.5 Å². The van der Waals surface area contributed by atoms with E-state index in [1.165, 1.54) is 5.56 Å². The molecule has 2 aliphatic rings.